The van der Waals surface area contributed by atoms with Crippen molar-refractivity contribution < 1.29 is 9.90 Å². The molecule has 0 saturated carbocycles. The van der Waals surface area contributed by atoms with Crippen molar-refractivity contribution in [1.82, 2.24) is 24.9 Å². The fourth-order valence-electron chi connectivity index (χ4n) is 2.85. The highest BCUT2D eigenvalue weighted by molar-refractivity contribution is 5.93. The van der Waals surface area contributed by atoms with Gasteiger partial charge in [-0.1, -0.05) is 23.4 Å². The van der Waals surface area contributed by atoms with Crippen molar-refractivity contribution in [2.45, 2.75) is 26.4 Å². The SMILES string of the molecule is Cc1c(C(=O)N(C)CC(C)(C)O)nnn1-c1cccc2cccnc12. The van der Waals surface area contributed by atoms with Crippen LogP contribution in [-0.2, 0) is 0 Å². The third-order valence-electron chi connectivity index (χ3n) is 3.91. The molecule has 0 unspecified atom stereocenters. The van der Waals surface area contributed by atoms with Crippen LogP contribution in [0.25, 0.3) is 16.6 Å². The Morgan fingerprint density at radius 1 is 1.28 bits per heavy atom. The number of likely N-dealkylation sites (N-methyl/N-ethyl adjacent to an activating group) is 1. The van der Waals surface area contributed by atoms with Crippen molar-refractivity contribution in [3.63, 3.8) is 0 Å². The summed E-state index contributed by atoms with van der Waals surface area (Å²) in [5.74, 6) is -0.279. The molecule has 1 aromatic carbocycles. The van der Waals surface area contributed by atoms with E-state index in [0.29, 0.717) is 5.69 Å². The molecule has 2 aromatic heterocycles. The molecule has 3 rings (SSSR count). The third-order valence-corrected chi connectivity index (χ3v) is 3.91. The van der Waals surface area contributed by atoms with Gasteiger partial charge in [0.25, 0.3) is 5.91 Å². The van der Waals surface area contributed by atoms with E-state index in [2.05, 4.69) is 15.3 Å². The summed E-state index contributed by atoms with van der Waals surface area (Å²) in [6.07, 6.45) is 1.72. The summed E-state index contributed by atoms with van der Waals surface area (Å²) in [5.41, 5.74) is 1.48. The summed E-state index contributed by atoms with van der Waals surface area (Å²) in [4.78, 5) is 18.5. The molecule has 2 heterocycles. The number of hydrogen-bond donors (Lipinski definition) is 1. The van der Waals surface area contributed by atoms with Crippen molar-refractivity contribution in [3.05, 3.63) is 47.9 Å². The summed E-state index contributed by atoms with van der Waals surface area (Å²) in [6, 6.07) is 9.64. The number of fused-ring (bicyclic) bond motifs is 1. The summed E-state index contributed by atoms with van der Waals surface area (Å²) in [7, 11) is 1.64. The van der Waals surface area contributed by atoms with E-state index < -0.39 is 5.60 Å². The Morgan fingerprint density at radius 3 is 2.72 bits per heavy atom. The van der Waals surface area contributed by atoms with Gasteiger partial charge in [0, 0.05) is 25.2 Å². The molecule has 0 fully saturated rings. The Balaban J connectivity index is 2.00. The molecule has 7 nitrogen and oxygen atoms in total. The number of aromatic nitrogens is 4. The van der Waals surface area contributed by atoms with Gasteiger partial charge in [0.15, 0.2) is 5.69 Å². The molecule has 0 radical (unpaired) electrons. The molecule has 130 valence electrons. The highest BCUT2D eigenvalue weighted by Gasteiger charge is 2.25. The van der Waals surface area contributed by atoms with Crippen LogP contribution in [0.15, 0.2) is 36.5 Å². The minimum Gasteiger partial charge on any atom is -0.389 e. The first-order valence-electron chi connectivity index (χ1n) is 8.02. The van der Waals surface area contributed by atoms with E-state index in [9.17, 15) is 9.90 Å². The summed E-state index contributed by atoms with van der Waals surface area (Å²) < 4.78 is 1.63. The number of carbonyl (C=O) groups excluding carboxylic acids is 1. The zero-order chi connectivity index (χ0) is 18.2. The minimum absolute atomic E-state index is 0.202. The van der Waals surface area contributed by atoms with Gasteiger partial charge >= 0.3 is 0 Å². The molecule has 25 heavy (non-hydrogen) atoms. The van der Waals surface area contributed by atoms with E-state index in [0.717, 1.165) is 16.6 Å². The Morgan fingerprint density at radius 2 is 2.00 bits per heavy atom. The summed E-state index contributed by atoms with van der Waals surface area (Å²) in [6.45, 7) is 5.31. The van der Waals surface area contributed by atoms with E-state index in [1.807, 2.05) is 30.3 Å². The number of pyridine rings is 1. The van der Waals surface area contributed by atoms with Crippen molar-refractivity contribution in [3.8, 4) is 5.69 Å². The number of nitrogens with zero attached hydrogens (tertiary/aromatic N) is 5. The van der Waals surface area contributed by atoms with Crippen LogP contribution in [0.2, 0.25) is 0 Å². The number of amides is 1. The first-order valence-corrected chi connectivity index (χ1v) is 8.02. The van der Waals surface area contributed by atoms with Gasteiger partial charge in [-0.15, -0.1) is 5.10 Å². The van der Waals surface area contributed by atoms with E-state index >= 15 is 0 Å². The van der Waals surface area contributed by atoms with Gasteiger partial charge in [0.1, 0.15) is 0 Å². The van der Waals surface area contributed by atoms with Gasteiger partial charge in [-0.25, -0.2) is 4.68 Å². The second kappa shape index (κ2) is 6.25. The average Bonchev–Trinajstić information content (AvgIpc) is 2.93. The van der Waals surface area contributed by atoms with Crippen LogP contribution < -0.4 is 0 Å². The van der Waals surface area contributed by atoms with E-state index in [-0.39, 0.29) is 18.1 Å². The highest BCUT2D eigenvalue weighted by atomic mass is 16.3. The number of carbonyl (C=O) groups is 1. The molecular weight excluding hydrogens is 318 g/mol. The number of aliphatic hydroxyl groups is 1. The largest absolute Gasteiger partial charge is 0.389 e. The van der Waals surface area contributed by atoms with Crippen molar-refractivity contribution in [2.24, 2.45) is 0 Å². The second-order valence-electron chi connectivity index (χ2n) is 6.76. The van der Waals surface area contributed by atoms with Gasteiger partial charge < -0.3 is 10.0 Å². The van der Waals surface area contributed by atoms with E-state index in [1.54, 1.807) is 38.7 Å². The lowest BCUT2D eigenvalue weighted by Crippen LogP contribution is -2.40. The Kier molecular flexibility index (Phi) is 4.26. The van der Waals surface area contributed by atoms with Gasteiger partial charge in [0.05, 0.1) is 22.5 Å². The zero-order valence-corrected chi connectivity index (χ0v) is 14.8. The van der Waals surface area contributed by atoms with Gasteiger partial charge in [-0.05, 0) is 32.9 Å². The number of para-hydroxylation sites is 1. The molecule has 3 aromatic rings. The molecule has 0 atom stereocenters. The fourth-order valence-corrected chi connectivity index (χ4v) is 2.85. The number of rotatable bonds is 4. The molecule has 0 saturated heterocycles. The maximum absolute atomic E-state index is 12.6. The summed E-state index contributed by atoms with van der Waals surface area (Å²) in [5, 5.41) is 19.1. The van der Waals surface area contributed by atoms with Crippen LogP contribution in [0.3, 0.4) is 0 Å². The Hall–Kier alpha value is -2.80. The standard InChI is InChI=1S/C18H21N5O2/c1-12-15(17(24)22(4)11-18(2,3)25)20-21-23(12)14-9-5-7-13-8-6-10-19-16(13)14/h5-10,25H,11H2,1-4H3. The van der Waals surface area contributed by atoms with Crippen LogP contribution in [-0.4, -0.2) is 55.1 Å². The van der Waals surface area contributed by atoms with Crippen LogP contribution in [0, 0.1) is 6.92 Å². The first-order chi connectivity index (χ1) is 11.8. The van der Waals surface area contributed by atoms with Crippen LogP contribution in [0.5, 0.6) is 0 Å². The van der Waals surface area contributed by atoms with Gasteiger partial charge in [0.2, 0.25) is 0 Å². The lowest BCUT2D eigenvalue weighted by molar-refractivity contribution is 0.0364. The van der Waals surface area contributed by atoms with Gasteiger partial charge in [-0.2, -0.15) is 0 Å². The topological polar surface area (TPSA) is 84.1 Å². The quantitative estimate of drug-likeness (QED) is 0.785. The average molecular weight is 339 g/mol. The van der Waals surface area contributed by atoms with Crippen molar-refractivity contribution in [1.29, 1.82) is 0 Å². The van der Waals surface area contributed by atoms with Crippen molar-refractivity contribution in [2.75, 3.05) is 13.6 Å². The van der Waals surface area contributed by atoms with Crippen molar-refractivity contribution >= 4 is 16.8 Å². The number of benzene rings is 1. The second-order valence-corrected chi connectivity index (χ2v) is 6.76. The fraction of sp³-hybridized carbons (Fsp3) is 0.333. The lowest BCUT2D eigenvalue weighted by Gasteiger charge is -2.25. The third kappa shape index (κ3) is 3.36. The Labute approximate surface area is 145 Å². The molecule has 0 aliphatic rings. The maximum atomic E-state index is 12.6. The molecule has 0 bridgehead atoms. The lowest BCUT2D eigenvalue weighted by atomic mass is 10.1. The first kappa shape index (κ1) is 17.0. The monoisotopic (exact) mass is 339 g/mol. The van der Waals surface area contributed by atoms with E-state index in [1.165, 1.54) is 4.90 Å². The predicted octanol–water partition coefficient (Wildman–Crippen LogP) is 1.97. The van der Waals surface area contributed by atoms with Crippen LogP contribution in [0.1, 0.15) is 30.0 Å². The molecule has 0 aliphatic carbocycles. The molecule has 7 heteroatoms. The Bertz CT molecular complexity index is 921. The van der Waals surface area contributed by atoms with Crippen LogP contribution in [0.4, 0.5) is 0 Å². The maximum Gasteiger partial charge on any atom is 0.276 e. The van der Waals surface area contributed by atoms with Gasteiger partial charge in [-0.3, -0.25) is 9.78 Å². The predicted molar refractivity (Wildman–Crippen MR) is 94.7 cm³/mol. The smallest absolute Gasteiger partial charge is 0.276 e. The molecule has 1 amide bonds. The molecular formula is C18H21N5O2. The van der Waals surface area contributed by atoms with Crippen LogP contribution >= 0.6 is 0 Å². The minimum atomic E-state index is -0.978. The summed E-state index contributed by atoms with van der Waals surface area (Å²) >= 11 is 0. The molecule has 0 spiro atoms. The molecule has 1 N–H and O–H groups in total. The highest BCUT2D eigenvalue weighted by Crippen LogP contribution is 2.21. The normalized spacial score (nSPS) is 11.7. The zero-order valence-electron chi connectivity index (χ0n) is 14.8. The number of hydrogen-bond acceptors (Lipinski definition) is 5. The molecule has 0 aliphatic heterocycles. The van der Waals surface area contributed by atoms with E-state index in [4.69, 9.17) is 0 Å².